The lowest BCUT2D eigenvalue weighted by Crippen LogP contribution is -2.24. The SMILES string of the molecule is O=C(NCCCc1ccc(-c2ccccc2F)cc1)c1ccc(O)cc1. The number of benzene rings is 3. The zero-order valence-corrected chi connectivity index (χ0v) is 14.3. The highest BCUT2D eigenvalue weighted by Crippen LogP contribution is 2.23. The third-order valence-corrected chi connectivity index (χ3v) is 4.20. The van der Waals surface area contributed by atoms with Crippen molar-refractivity contribution in [1.29, 1.82) is 0 Å². The zero-order chi connectivity index (χ0) is 18.4. The molecule has 0 bridgehead atoms. The van der Waals surface area contributed by atoms with E-state index in [0.29, 0.717) is 17.7 Å². The van der Waals surface area contributed by atoms with Crippen LogP contribution in [0.15, 0.2) is 72.8 Å². The first-order valence-electron chi connectivity index (χ1n) is 8.54. The van der Waals surface area contributed by atoms with E-state index < -0.39 is 0 Å². The summed E-state index contributed by atoms with van der Waals surface area (Å²) in [7, 11) is 0. The van der Waals surface area contributed by atoms with E-state index in [1.54, 1.807) is 24.3 Å². The van der Waals surface area contributed by atoms with Crippen molar-refractivity contribution >= 4 is 5.91 Å². The highest BCUT2D eigenvalue weighted by Gasteiger charge is 2.05. The molecule has 0 aliphatic carbocycles. The summed E-state index contributed by atoms with van der Waals surface area (Å²) in [6, 6.07) is 20.7. The van der Waals surface area contributed by atoms with Crippen LogP contribution in [0.3, 0.4) is 0 Å². The summed E-state index contributed by atoms with van der Waals surface area (Å²) in [5.74, 6) is -0.238. The van der Waals surface area contributed by atoms with Crippen molar-refractivity contribution in [2.45, 2.75) is 12.8 Å². The van der Waals surface area contributed by atoms with Gasteiger partial charge < -0.3 is 10.4 Å². The van der Waals surface area contributed by atoms with E-state index in [2.05, 4.69) is 5.32 Å². The van der Waals surface area contributed by atoms with Crippen LogP contribution >= 0.6 is 0 Å². The molecule has 132 valence electrons. The summed E-state index contributed by atoms with van der Waals surface area (Å²) in [4.78, 5) is 12.0. The molecule has 0 saturated carbocycles. The summed E-state index contributed by atoms with van der Waals surface area (Å²) < 4.78 is 13.8. The first-order chi connectivity index (χ1) is 12.6. The van der Waals surface area contributed by atoms with Crippen LogP contribution in [0, 0.1) is 5.82 Å². The number of carbonyl (C=O) groups excluding carboxylic acids is 1. The predicted molar refractivity (Wildman–Crippen MR) is 101 cm³/mol. The number of amides is 1. The molecule has 0 atom stereocenters. The van der Waals surface area contributed by atoms with Gasteiger partial charge in [-0.3, -0.25) is 4.79 Å². The minimum atomic E-state index is -0.225. The van der Waals surface area contributed by atoms with Crippen LogP contribution in [0.1, 0.15) is 22.3 Å². The standard InChI is InChI=1S/C22H20FNO2/c23-21-6-2-1-5-20(21)17-9-7-16(8-10-17)4-3-15-24-22(26)18-11-13-19(25)14-12-18/h1-2,5-14,25H,3-4,15H2,(H,24,26). The number of hydrogen-bond donors (Lipinski definition) is 2. The topological polar surface area (TPSA) is 49.3 Å². The molecular formula is C22H20FNO2. The number of hydrogen-bond acceptors (Lipinski definition) is 2. The molecule has 3 aromatic carbocycles. The highest BCUT2D eigenvalue weighted by atomic mass is 19.1. The van der Waals surface area contributed by atoms with Crippen LogP contribution in [0.5, 0.6) is 5.75 Å². The van der Waals surface area contributed by atoms with Gasteiger partial charge in [-0.1, -0.05) is 42.5 Å². The molecule has 3 rings (SSSR count). The Morgan fingerprint density at radius 3 is 2.31 bits per heavy atom. The van der Waals surface area contributed by atoms with E-state index >= 15 is 0 Å². The molecule has 0 fully saturated rings. The minimum absolute atomic E-state index is 0.139. The summed E-state index contributed by atoms with van der Waals surface area (Å²) in [6.45, 7) is 0.564. The Morgan fingerprint density at radius 1 is 0.923 bits per heavy atom. The molecule has 0 aliphatic heterocycles. The molecule has 0 saturated heterocycles. The largest absolute Gasteiger partial charge is 0.508 e. The maximum Gasteiger partial charge on any atom is 0.251 e. The molecule has 26 heavy (non-hydrogen) atoms. The van der Waals surface area contributed by atoms with Gasteiger partial charge in [-0.25, -0.2) is 4.39 Å². The molecule has 1 amide bonds. The van der Waals surface area contributed by atoms with E-state index in [-0.39, 0.29) is 17.5 Å². The van der Waals surface area contributed by atoms with Gasteiger partial charge in [-0.05, 0) is 54.3 Å². The molecule has 0 aliphatic rings. The Balaban J connectivity index is 1.49. The number of carbonyl (C=O) groups is 1. The second kappa shape index (κ2) is 8.30. The van der Waals surface area contributed by atoms with Gasteiger partial charge in [-0.2, -0.15) is 0 Å². The molecule has 0 spiro atoms. The van der Waals surface area contributed by atoms with Crippen LogP contribution in [-0.4, -0.2) is 17.6 Å². The van der Waals surface area contributed by atoms with E-state index in [1.165, 1.54) is 18.2 Å². The lowest BCUT2D eigenvalue weighted by Gasteiger charge is -2.07. The monoisotopic (exact) mass is 349 g/mol. The third kappa shape index (κ3) is 4.48. The molecular weight excluding hydrogens is 329 g/mol. The van der Waals surface area contributed by atoms with Gasteiger partial charge in [-0.15, -0.1) is 0 Å². The van der Waals surface area contributed by atoms with Gasteiger partial charge in [0.1, 0.15) is 11.6 Å². The van der Waals surface area contributed by atoms with Crippen LogP contribution < -0.4 is 5.32 Å². The molecule has 2 N–H and O–H groups in total. The Bertz CT molecular complexity index is 873. The first kappa shape index (κ1) is 17.7. The predicted octanol–water partition coefficient (Wildman–Crippen LogP) is 4.56. The van der Waals surface area contributed by atoms with E-state index in [9.17, 15) is 14.3 Å². The van der Waals surface area contributed by atoms with Crippen molar-refractivity contribution in [2.24, 2.45) is 0 Å². The number of rotatable bonds is 6. The number of phenols is 1. The smallest absolute Gasteiger partial charge is 0.251 e. The summed E-state index contributed by atoms with van der Waals surface area (Å²) in [6.07, 6.45) is 1.64. The number of nitrogens with one attached hydrogen (secondary N) is 1. The number of aryl methyl sites for hydroxylation is 1. The fourth-order valence-electron chi connectivity index (χ4n) is 2.76. The van der Waals surface area contributed by atoms with Crippen LogP contribution in [-0.2, 0) is 6.42 Å². The maximum atomic E-state index is 13.8. The van der Waals surface area contributed by atoms with E-state index in [4.69, 9.17) is 0 Å². The fourth-order valence-corrected chi connectivity index (χ4v) is 2.76. The molecule has 0 radical (unpaired) electrons. The van der Waals surface area contributed by atoms with Gasteiger partial charge >= 0.3 is 0 Å². The van der Waals surface area contributed by atoms with Gasteiger partial charge in [0.25, 0.3) is 5.91 Å². The average molecular weight is 349 g/mol. The normalized spacial score (nSPS) is 10.5. The molecule has 3 aromatic rings. The van der Waals surface area contributed by atoms with Gasteiger partial charge in [0.15, 0.2) is 0 Å². The summed E-state index contributed by atoms with van der Waals surface area (Å²) >= 11 is 0. The third-order valence-electron chi connectivity index (χ3n) is 4.20. The van der Waals surface area contributed by atoms with Crippen LogP contribution in [0.2, 0.25) is 0 Å². The second-order valence-corrected chi connectivity index (χ2v) is 6.08. The highest BCUT2D eigenvalue weighted by molar-refractivity contribution is 5.94. The Labute approximate surface area is 152 Å². The quantitative estimate of drug-likeness (QED) is 0.641. The number of halogens is 1. The zero-order valence-electron chi connectivity index (χ0n) is 14.3. The second-order valence-electron chi connectivity index (χ2n) is 6.08. The average Bonchev–Trinajstić information content (AvgIpc) is 2.67. The molecule has 3 nitrogen and oxygen atoms in total. The minimum Gasteiger partial charge on any atom is -0.508 e. The van der Waals surface area contributed by atoms with Crippen molar-refractivity contribution in [2.75, 3.05) is 6.54 Å². The number of phenolic OH excluding ortho intramolecular Hbond substituents is 1. The van der Waals surface area contributed by atoms with Gasteiger partial charge in [0.05, 0.1) is 0 Å². The Morgan fingerprint density at radius 2 is 1.62 bits per heavy atom. The molecule has 4 heteroatoms. The molecule has 0 unspecified atom stereocenters. The van der Waals surface area contributed by atoms with E-state index in [1.807, 2.05) is 30.3 Å². The van der Waals surface area contributed by atoms with Crippen LogP contribution in [0.25, 0.3) is 11.1 Å². The summed E-state index contributed by atoms with van der Waals surface area (Å²) in [5.41, 5.74) is 3.12. The first-order valence-corrected chi connectivity index (χ1v) is 8.54. The van der Waals surface area contributed by atoms with Crippen molar-refractivity contribution < 1.29 is 14.3 Å². The molecule has 0 aromatic heterocycles. The van der Waals surface area contributed by atoms with Crippen molar-refractivity contribution in [3.63, 3.8) is 0 Å². The van der Waals surface area contributed by atoms with Crippen molar-refractivity contribution in [3.8, 4) is 16.9 Å². The van der Waals surface area contributed by atoms with Crippen molar-refractivity contribution in [3.05, 3.63) is 89.7 Å². The lowest BCUT2D eigenvalue weighted by molar-refractivity contribution is 0.0953. The lowest BCUT2D eigenvalue weighted by atomic mass is 10.0. The van der Waals surface area contributed by atoms with Gasteiger partial charge in [0, 0.05) is 17.7 Å². The maximum absolute atomic E-state index is 13.8. The van der Waals surface area contributed by atoms with Gasteiger partial charge in [0.2, 0.25) is 0 Å². The summed E-state index contributed by atoms with van der Waals surface area (Å²) in [5, 5.41) is 12.1. The fraction of sp³-hybridized carbons (Fsp3) is 0.136. The molecule has 0 heterocycles. The Hall–Kier alpha value is -3.14. The van der Waals surface area contributed by atoms with E-state index in [0.717, 1.165) is 24.0 Å². The van der Waals surface area contributed by atoms with Crippen molar-refractivity contribution in [1.82, 2.24) is 5.32 Å². The number of aromatic hydroxyl groups is 1. The van der Waals surface area contributed by atoms with Crippen LogP contribution in [0.4, 0.5) is 4.39 Å². The Kier molecular flexibility index (Phi) is 5.64.